The van der Waals surface area contributed by atoms with Gasteiger partial charge in [-0.1, -0.05) is 0 Å². The zero-order valence-electron chi connectivity index (χ0n) is 6.68. The van der Waals surface area contributed by atoms with Crippen molar-refractivity contribution in [2.45, 2.75) is 44.4 Å². The Bertz CT molecular complexity index is 191. The number of nitrogens with zero attached hydrogens (tertiary/aromatic N) is 1. The fraction of sp³-hybridized carbons (Fsp3) is 0.875. The maximum absolute atomic E-state index is 12.9. The molecule has 0 bridgehead atoms. The molecule has 2 nitrogen and oxygen atoms in total. The molecule has 2 aliphatic rings. The Morgan fingerprint density at radius 2 is 2.36 bits per heavy atom. The van der Waals surface area contributed by atoms with Crippen LogP contribution in [0.25, 0.3) is 0 Å². The lowest BCUT2D eigenvalue weighted by Gasteiger charge is -2.25. The summed E-state index contributed by atoms with van der Waals surface area (Å²) in [5.74, 6) is 0.981. The highest BCUT2D eigenvalue weighted by Gasteiger charge is 2.33. The Balaban J connectivity index is 2.03. The molecule has 1 aliphatic carbocycles. The van der Waals surface area contributed by atoms with Crippen molar-refractivity contribution in [3.63, 3.8) is 0 Å². The Labute approximate surface area is 65.9 Å². The SMILES string of the molecule is CC1=NC2CCC(F)CC2N1. The van der Waals surface area contributed by atoms with E-state index in [9.17, 15) is 4.39 Å². The Kier molecular flexibility index (Phi) is 1.59. The number of alkyl halides is 1. The minimum atomic E-state index is -0.607. The van der Waals surface area contributed by atoms with E-state index in [0.29, 0.717) is 24.9 Å². The number of hydrogen-bond acceptors (Lipinski definition) is 2. The van der Waals surface area contributed by atoms with Gasteiger partial charge in [-0.05, 0) is 19.8 Å². The van der Waals surface area contributed by atoms with E-state index in [-0.39, 0.29) is 0 Å². The standard InChI is InChI=1S/C8H13FN2/c1-5-10-7-3-2-6(9)4-8(7)11-5/h6-8H,2-4H2,1H3,(H,10,11). The van der Waals surface area contributed by atoms with Crippen LogP contribution in [-0.2, 0) is 0 Å². The van der Waals surface area contributed by atoms with E-state index in [0.717, 1.165) is 12.3 Å². The van der Waals surface area contributed by atoms with Gasteiger partial charge in [0.25, 0.3) is 0 Å². The topological polar surface area (TPSA) is 24.4 Å². The molecule has 1 saturated carbocycles. The monoisotopic (exact) mass is 156 g/mol. The van der Waals surface area contributed by atoms with Crippen molar-refractivity contribution in [2.24, 2.45) is 4.99 Å². The van der Waals surface area contributed by atoms with Crippen molar-refractivity contribution in [3.8, 4) is 0 Å². The number of hydrogen-bond donors (Lipinski definition) is 1. The lowest BCUT2D eigenvalue weighted by molar-refractivity contribution is 0.214. The second-order valence-electron chi connectivity index (χ2n) is 3.44. The Morgan fingerprint density at radius 3 is 3.18 bits per heavy atom. The van der Waals surface area contributed by atoms with Crippen molar-refractivity contribution >= 4 is 5.84 Å². The van der Waals surface area contributed by atoms with Crippen LogP contribution in [0.2, 0.25) is 0 Å². The summed E-state index contributed by atoms with van der Waals surface area (Å²) < 4.78 is 12.9. The highest BCUT2D eigenvalue weighted by atomic mass is 19.1. The van der Waals surface area contributed by atoms with Gasteiger partial charge in [0.1, 0.15) is 6.17 Å². The summed E-state index contributed by atoms with van der Waals surface area (Å²) >= 11 is 0. The molecular formula is C8H13FN2. The summed E-state index contributed by atoms with van der Waals surface area (Å²) in [4.78, 5) is 4.38. The van der Waals surface area contributed by atoms with Crippen LogP contribution in [0.15, 0.2) is 4.99 Å². The highest BCUT2D eigenvalue weighted by molar-refractivity contribution is 5.81. The van der Waals surface area contributed by atoms with E-state index in [1.807, 2.05) is 6.92 Å². The average molecular weight is 156 g/mol. The van der Waals surface area contributed by atoms with E-state index in [4.69, 9.17) is 0 Å². The lowest BCUT2D eigenvalue weighted by atomic mass is 9.90. The van der Waals surface area contributed by atoms with Gasteiger partial charge in [0.05, 0.1) is 17.9 Å². The van der Waals surface area contributed by atoms with Gasteiger partial charge < -0.3 is 5.32 Å². The smallest absolute Gasteiger partial charge is 0.102 e. The molecule has 3 heteroatoms. The minimum absolute atomic E-state index is 0.291. The number of amidine groups is 1. The first-order valence-corrected chi connectivity index (χ1v) is 4.21. The van der Waals surface area contributed by atoms with E-state index < -0.39 is 6.17 Å². The first-order valence-electron chi connectivity index (χ1n) is 4.21. The van der Waals surface area contributed by atoms with Crippen LogP contribution in [0, 0.1) is 0 Å². The minimum Gasteiger partial charge on any atom is -0.369 e. The molecule has 1 heterocycles. The van der Waals surface area contributed by atoms with Crippen LogP contribution >= 0.6 is 0 Å². The lowest BCUT2D eigenvalue weighted by Crippen LogP contribution is -2.39. The summed E-state index contributed by atoms with van der Waals surface area (Å²) in [6, 6.07) is 0.653. The molecule has 1 fully saturated rings. The molecule has 0 aromatic heterocycles. The van der Waals surface area contributed by atoms with E-state index in [1.54, 1.807) is 0 Å². The van der Waals surface area contributed by atoms with Crippen LogP contribution in [0.3, 0.4) is 0 Å². The van der Waals surface area contributed by atoms with Gasteiger partial charge in [-0.2, -0.15) is 0 Å². The normalized spacial score (nSPS) is 42.7. The van der Waals surface area contributed by atoms with Crippen molar-refractivity contribution in [1.29, 1.82) is 0 Å². The predicted octanol–water partition coefficient (Wildman–Crippen LogP) is 1.27. The van der Waals surface area contributed by atoms with Crippen molar-refractivity contribution in [3.05, 3.63) is 0 Å². The van der Waals surface area contributed by atoms with Gasteiger partial charge >= 0.3 is 0 Å². The van der Waals surface area contributed by atoms with E-state index >= 15 is 0 Å². The second kappa shape index (κ2) is 2.47. The van der Waals surface area contributed by atoms with E-state index in [2.05, 4.69) is 10.3 Å². The van der Waals surface area contributed by atoms with Gasteiger partial charge in [-0.3, -0.25) is 4.99 Å². The molecule has 1 aliphatic heterocycles. The van der Waals surface area contributed by atoms with Crippen molar-refractivity contribution < 1.29 is 4.39 Å². The van der Waals surface area contributed by atoms with Crippen molar-refractivity contribution in [2.75, 3.05) is 0 Å². The molecule has 1 N–H and O–H groups in total. The van der Waals surface area contributed by atoms with Gasteiger partial charge in [0, 0.05) is 6.42 Å². The van der Waals surface area contributed by atoms with Crippen LogP contribution < -0.4 is 5.32 Å². The van der Waals surface area contributed by atoms with Gasteiger partial charge in [-0.15, -0.1) is 0 Å². The number of rotatable bonds is 0. The largest absolute Gasteiger partial charge is 0.369 e. The molecule has 2 rings (SSSR count). The number of fused-ring (bicyclic) bond motifs is 1. The summed E-state index contributed by atoms with van der Waals surface area (Å²) in [6.45, 7) is 1.95. The zero-order chi connectivity index (χ0) is 7.84. The van der Waals surface area contributed by atoms with Crippen LogP contribution in [0.1, 0.15) is 26.2 Å². The number of nitrogens with one attached hydrogen (secondary N) is 1. The maximum atomic E-state index is 12.9. The Morgan fingerprint density at radius 1 is 1.55 bits per heavy atom. The summed E-state index contributed by atoms with van der Waals surface area (Å²) in [5, 5.41) is 3.20. The zero-order valence-corrected chi connectivity index (χ0v) is 6.68. The molecule has 3 atom stereocenters. The third-order valence-electron chi connectivity index (χ3n) is 2.50. The van der Waals surface area contributed by atoms with Gasteiger partial charge in [0.2, 0.25) is 0 Å². The third kappa shape index (κ3) is 1.24. The fourth-order valence-corrected chi connectivity index (χ4v) is 1.97. The summed E-state index contributed by atoms with van der Waals surface area (Å²) in [7, 11) is 0. The molecule has 11 heavy (non-hydrogen) atoms. The molecule has 0 amide bonds. The molecule has 0 aromatic carbocycles. The molecular weight excluding hydrogens is 143 g/mol. The van der Waals surface area contributed by atoms with Crippen LogP contribution in [0.4, 0.5) is 4.39 Å². The third-order valence-corrected chi connectivity index (χ3v) is 2.50. The average Bonchev–Trinajstić information content (AvgIpc) is 2.27. The first kappa shape index (κ1) is 7.07. The van der Waals surface area contributed by atoms with Crippen LogP contribution in [-0.4, -0.2) is 24.1 Å². The summed E-state index contributed by atoms with van der Waals surface area (Å²) in [5.41, 5.74) is 0. The molecule has 0 aromatic rings. The molecule has 0 saturated heterocycles. The Hall–Kier alpha value is -0.600. The first-order chi connectivity index (χ1) is 5.25. The van der Waals surface area contributed by atoms with E-state index in [1.165, 1.54) is 0 Å². The predicted molar refractivity (Wildman–Crippen MR) is 42.6 cm³/mol. The number of halogens is 1. The van der Waals surface area contributed by atoms with Gasteiger partial charge in [0.15, 0.2) is 0 Å². The second-order valence-corrected chi connectivity index (χ2v) is 3.44. The highest BCUT2D eigenvalue weighted by Crippen LogP contribution is 2.26. The molecule has 3 unspecified atom stereocenters. The number of aliphatic imine (C=N–C) groups is 1. The van der Waals surface area contributed by atoms with Crippen LogP contribution in [0.5, 0.6) is 0 Å². The molecule has 62 valence electrons. The maximum Gasteiger partial charge on any atom is 0.102 e. The molecule has 0 spiro atoms. The summed E-state index contributed by atoms with van der Waals surface area (Å²) in [6.07, 6.45) is 1.64. The van der Waals surface area contributed by atoms with Crippen molar-refractivity contribution in [1.82, 2.24) is 5.32 Å². The molecule has 0 radical (unpaired) electrons. The quantitative estimate of drug-likeness (QED) is 0.561. The van der Waals surface area contributed by atoms with Gasteiger partial charge in [-0.25, -0.2) is 4.39 Å². The fourth-order valence-electron chi connectivity index (χ4n) is 1.97.